The van der Waals surface area contributed by atoms with Crippen LogP contribution in [0.5, 0.6) is 0 Å². The fraction of sp³-hybridized carbons (Fsp3) is 0.273. The Morgan fingerprint density at radius 2 is 2.38 bits per heavy atom. The summed E-state index contributed by atoms with van der Waals surface area (Å²) in [7, 11) is 0. The zero-order valence-corrected chi connectivity index (χ0v) is 7.71. The van der Waals surface area contributed by atoms with Gasteiger partial charge in [-0.2, -0.15) is 0 Å². The minimum atomic E-state index is 0.346. The summed E-state index contributed by atoms with van der Waals surface area (Å²) >= 11 is 0. The molecule has 0 unspecified atom stereocenters. The number of hydrogen-bond acceptors (Lipinski definition) is 2. The standard InChI is InChI=1S/C11H13NO/c1-3-7-13-9-12-11-6-4-5-10(2)8-11/h1,4-6,8,12H,7,9H2,2H3. The highest BCUT2D eigenvalue weighted by Crippen LogP contribution is 2.08. The second-order valence-electron chi connectivity index (χ2n) is 2.74. The van der Waals surface area contributed by atoms with E-state index in [0.29, 0.717) is 13.3 Å². The van der Waals surface area contributed by atoms with Crippen molar-refractivity contribution in [3.63, 3.8) is 0 Å². The molecule has 0 aliphatic heterocycles. The lowest BCUT2D eigenvalue weighted by Gasteiger charge is -2.05. The summed E-state index contributed by atoms with van der Waals surface area (Å²) in [4.78, 5) is 0. The van der Waals surface area contributed by atoms with Crippen LogP contribution in [0.1, 0.15) is 5.56 Å². The number of benzene rings is 1. The fourth-order valence-electron chi connectivity index (χ4n) is 0.999. The molecule has 1 aromatic carbocycles. The Morgan fingerprint density at radius 3 is 3.08 bits per heavy atom. The molecular weight excluding hydrogens is 162 g/mol. The van der Waals surface area contributed by atoms with Crippen molar-refractivity contribution >= 4 is 5.69 Å². The van der Waals surface area contributed by atoms with E-state index in [1.54, 1.807) is 0 Å². The smallest absolute Gasteiger partial charge is 0.117 e. The van der Waals surface area contributed by atoms with Gasteiger partial charge in [-0.1, -0.05) is 18.1 Å². The maximum absolute atomic E-state index is 5.08. The van der Waals surface area contributed by atoms with Gasteiger partial charge in [-0.05, 0) is 24.6 Å². The molecule has 0 amide bonds. The van der Waals surface area contributed by atoms with E-state index < -0.39 is 0 Å². The van der Waals surface area contributed by atoms with E-state index in [-0.39, 0.29) is 0 Å². The SMILES string of the molecule is C#CCOCNc1cccc(C)c1. The summed E-state index contributed by atoms with van der Waals surface area (Å²) in [5, 5.41) is 3.10. The summed E-state index contributed by atoms with van der Waals surface area (Å²) < 4.78 is 5.08. The molecule has 0 fully saturated rings. The second kappa shape index (κ2) is 5.23. The predicted molar refractivity (Wildman–Crippen MR) is 54.5 cm³/mol. The number of nitrogens with one attached hydrogen (secondary N) is 1. The van der Waals surface area contributed by atoms with E-state index in [2.05, 4.69) is 17.3 Å². The van der Waals surface area contributed by atoms with Gasteiger partial charge in [-0.15, -0.1) is 6.42 Å². The third kappa shape index (κ3) is 3.64. The summed E-state index contributed by atoms with van der Waals surface area (Å²) in [5.41, 5.74) is 2.28. The van der Waals surface area contributed by atoms with Crippen molar-refractivity contribution in [2.45, 2.75) is 6.92 Å². The first-order valence-electron chi connectivity index (χ1n) is 4.14. The van der Waals surface area contributed by atoms with Gasteiger partial charge in [0, 0.05) is 5.69 Å². The van der Waals surface area contributed by atoms with Crippen molar-refractivity contribution in [3.8, 4) is 12.3 Å². The van der Waals surface area contributed by atoms with Crippen molar-refractivity contribution in [2.24, 2.45) is 0 Å². The second-order valence-corrected chi connectivity index (χ2v) is 2.74. The van der Waals surface area contributed by atoms with Gasteiger partial charge in [0.15, 0.2) is 0 Å². The number of anilines is 1. The Labute approximate surface area is 78.9 Å². The molecule has 0 atom stereocenters. The number of aryl methyl sites for hydroxylation is 1. The molecule has 1 aromatic rings. The van der Waals surface area contributed by atoms with E-state index in [4.69, 9.17) is 11.2 Å². The predicted octanol–water partition coefficient (Wildman–Crippen LogP) is 2.01. The number of hydrogen-bond donors (Lipinski definition) is 1. The van der Waals surface area contributed by atoms with E-state index in [0.717, 1.165) is 5.69 Å². The van der Waals surface area contributed by atoms with E-state index in [1.807, 2.05) is 25.1 Å². The minimum absolute atomic E-state index is 0.346. The van der Waals surface area contributed by atoms with Crippen LogP contribution in [0.15, 0.2) is 24.3 Å². The lowest BCUT2D eigenvalue weighted by molar-refractivity contribution is 0.188. The van der Waals surface area contributed by atoms with Crippen molar-refractivity contribution in [2.75, 3.05) is 18.7 Å². The molecule has 0 heterocycles. The van der Waals surface area contributed by atoms with Gasteiger partial charge in [0.1, 0.15) is 13.3 Å². The summed E-state index contributed by atoms with van der Waals surface area (Å²) in [6.07, 6.45) is 5.03. The van der Waals surface area contributed by atoms with Crippen LogP contribution >= 0.6 is 0 Å². The minimum Gasteiger partial charge on any atom is -0.363 e. The van der Waals surface area contributed by atoms with Crippen molar-refractivity contribution in [3.05, 3.63) is 29.8 Å². The molecule has 0 aliphatic carbocycles. The van der Waals surface area contributed by atoms with Gasteiger partial charge in [0.2, 0.25) is 0 Å². The van der Waals surface area contributed by atoms with Gasteiger partial charge >= 0.3 is 0 Å². The molecule has 0 saturated heterocycles. The zero-order chi connectivity index (χ0) is 9.52. The van der Waals surface area contributed by atoms with Crippen molar-refractivity contribution in [1.29, 1.82) is 0 Å². The Bertz CT molecular complexity index is 301. The Hall–Kier alpha value is -1.46. The third-order valence-electron chi connectivity index (χ3n) is 1.58. The highest BCUT2D eigenvalue weighted by atomic mass is 16.5. The Kier molecular flexibility index (Phi) is 3.87. The number of terminal acetylenes is 1. The first kappa shape index (κ1) is 9.63. The van der Waals surface area contributed by atoms with Gasteiger partial charge < -0.3 is 10.1 Å². The molecule has 0 aliphatic rings. The van der Waals surface area contributed by atoms with Crippen LogP contribution in [0, 0.1) is 19.3 Å². The summed E-state index contributed by atoms with van der Waals surface area (Å²) in [5.74, 6) is 2.40. The molecule has 13 heavy (non-hydrogen) atoms. The van der Waals surface area contributed by atoms with Crippen LogP contribution in [0.2, 0.25) is 0 Å². The highest BCUT2D eigenvalue weighted by molar-refractivity contribution is 5.44. The maximum Gasteiger partial charge on any atom is 0.117 e. The topological polar surface area (TPSA) is 21.3 Å². The van der Waals surface area contributed by atoms with Gasteiger partial charge in [-0.3, -0.25) is 0 Å². The Balaban J connectivity index is 2.33. The molecule has 1 rings (SSSR count). The van der Waals surface area contributed by atoms with Crippen LogP contribution < -0.4 is 5.32 Å². The average Bonchev–Trinajstić information content (AvgIpc) is 2.13. The molecule has 1 N–H and O–H groups in total. The van der Waals surface area contributed by atoms with Crippen LogP contribution in [-0.4, -0.2) is 13.3 Å². The lowest BCUT2D eigenvalue weighted by Crippen LogP contribution is -2.05. The molecular formula is C11H13NO. The quantitative estimate of drug-likeness (QED) is 0.429. The number of ether oxygens (including phenoxy) is 1. The first-order chi connectivity index (χ1) is 6.33. The monoisotopic (exact) mass is 175 g/mol. The van der Waals surface area contributed by atoms with E-state index in [9.17, 15) is 0 Å². The van der Waals surface area contributed by atoms with E-state index >= 15 is 0 Å². The van der Waals surface area contributed by atoms with Gasteiger partial charge in [0.25, 0.3) is 0 Å². The third-order valence-corrected chi connectivity index (χ3v) is 1.58. The normalized spacial score (nSPS) is 9.23. The molecule has 0 spiro atoms. The molecule has 2 heteroatoms. The zero-order valence-electron chi connectivity index (χ0n) is 7.71. The van der Waals surface area contributed by atoms with Crippen LogP contribution in [0.4, 0.5) is 5.69 Å². The maximum atomic E-state index is 5.08. The average molecular weight is 175 g/mol. The molecule has 0 aromatic heterocycles. The fourth-order valence-corrected chi connectivity index (χ4v) is 0.999. The summed E-state index contributed by atoms with van der Waals surface area (Å²) in [6.45, 7) is 2.85. The molecule has 0 bridgehead atoms. The number of rotatable bonds is 4. The van der Waals surface area contributed by atoms with Crippen LogP contribution in [-0.2, 0) is 4.74 Å². The lowest BCUT2D eigenvalue weighted by atomic mass is 10.2. The Morgan fingerprint density at radius 1 is 1.54 bits per heavy atom. The molecule has 2 nitrogen and oxygen atoms in total. The van der Waals surface area contributed by atoms with Gasteiger partial charge in [0.05, 0.1) is 0 Å². The van der Waals surface area contributed by atoms with E-state index in [1.165, 1.54) is 5.56 Å². The largest absolute Gasteiger partial charge is 0.363 e. The molecule has 68 valence electrons. The van der Waals surface area contributed by atoms with Crippen molar-refractivity contribution < 1.29 is 4.74 Å². The first-order valence-corrected chi connectivity index (χ1v) is 4.14. The van der Waals surface area contributed by atoms with Crippen LogP contribution in [0.25, 0.3) is 0 Å². The van der Waals surface area contributed by atoms with Gasteiger partial charge in [-0.25, -0.2) is 0 Å². The highest BCUT2D eigenvalue weighted by Gasteiger charge is 1.90. The van der Waals surface area contributed by atoms with Crippen molar-refractivity contribution in [1.82, 2.24) is 0 Å². The molecule has 0 saturated carbocycles. The van der Waals surface area contributed by atoms with Crippen LogP contribution in [0.3, 0.4) is 0 Å². The molecule has 0 radical (unpaired) electrons. The summed E-state index contributed by atoms with van der Waals surface area (Å²) in [6, 6.07) is 8.10.